The number of aliphatic hydroxyl groups is 1. The summed E-state index contributed by atoms with van der Waals surface area (Å²) >= 11 is 0. The number of hydrogen-bond donors (Lipinski definition) is 1. The highest BCUT2D eigenvalue weighted by atomic mass is 16.5. The second-order valence-corrected chi connectivity index (χ2v) is 5.05. The summed E-state index contributed by atoms with van der Waals surface area (Å²) in [6.45, 7) is 5.89. The number of nitrogens with zero attached hydrogens (tertiary/aromatic N) is 2. The number of rotatable bonds is 3. The van der Waals surface area contributed by atoms with Crippen LogP contribution in [0.25, 0.3) is 5.53 Å². The van der Waals surface area contributed by atoms with Crippen LogP contribution in [0.3, 0.4) is 0 Å². The van der Waals surface area contributed by atoms with Gasteiger partial charge in [0.15, 0.2) is 5.60 Å². The highest BCUT2D eigenvalue weighted by Crippen LogP contribution is 2.36. The van der Waals surface area contributed by atoms with Crippen LogP contribution in [0.5, 0.6) is 0 Å². The molecule has 0 amide bonds. The van der Waals surface area contributed by atoms with Gasteiger partial charge in [0.05, 0.1) is 6.61 Å². The number of carbonyl (C=O) groups excluding carboxylic acids is 1. The van der Waals surface area contributed by atoms with Gasteiger partial charge in [-0.2, -0.15) is 4.79 Å². The Hall–Kier alpha value is -1.19. The highest BCUT2D eigenvalue weighted by molar-refractivity contribution is 6.37. The van der Waals surface area contributed by atoms with E-state index in [4.69, 9.17) is 10.3 Å². The zero-order valence-corrected chi connectivity index (χ0v) is 10.6. The average Bonchev–Trinajstić information content (AvgIpc) is 2.15. The van der Waals surface area contributed by atoms with Gasteiger partial charge in [-0.1, -0.05) is 13.8 Å². The Kier molecular flexibility index (Phi) is 4.43. The fraction of sp³-hybridized carbons (Fsp3) is 0.833. The Labute approximate surface area is 101 Å². The van der Waals surface area contributed by atoms with Crippen molar-refractivity contribution in [3.8, 4) is 0 Å². The van der Waals surface area contributed by atoms with E-state index in [0.717, 1.165) is 6.42 Å². The molecule has 0 bridgehead atoms. The smallest absolute Gasteiger partial charge is 0.420 e. The van der Waals surface area contributed by atoms with Gasteiger partial charge in [0.1, 0.15) is 0 Å². The van der Waals surface area contributed by atoms with Gasteiger partial charge in [-0.05, 0) is 38.0 Å². The van der Waals surface area contributed by atoms with Crippen molar-refractivity contribution in [2.75, 3.05) is 6.61 Å². The summed E-state index contributed by atoms with van der Waals surface area (Å²) in [7, 11) is 0. The van der Waals surface area contributed by atoms with E-state index in [1.165, 1.54) is 0 Å². The molecule has 5 nitrogen and oxygen atoms in total. The third-order valence-corrected chi connectivity index (χ3v) is 3.19. The van der Waals surface area contributed by atoms with Gasteiger partial charge in [-0.25, -0.2) is 4.79 Å². The van der Waals surface area contributed by atoms with Crippen LogP contribution >= 0.6 is 0 Å². The lowest BCUT2D eigenvalue weighted by atomic mass is 9.71. The van der Waals surface area contributed by atoms with Crippen LogP contribution in [-0.2, 0) is 9.53 Å². The lowest BCUT2D eigenvalue weighted by Crippen LogP contribution is -2.49. The van der Waals surface area contributed by atoms with Crippen molar-refractivity contribution in [1.82, 2.24) is 0 Å². The van der Waals surface area contributed by atoms with Gasteiger partial charge in [0.25, 0.3) is 0 Å². The molecule has 3 atom stereocenters. The highest BCUT2D eigenvalue weighted by Gasteiger charge is 2.50. The molecule has 0 heterocycles. The van der Waals surface area contributed by atoms with Crippen LogP contribution in [0.2, 0.25) is 0 Å². The molecule has 1 saturated carbocycles. The molecule has 0 radical (unpaired) electrons. The van der Waals surface area contributed by atoms with Crippen LogP contribution in [0.15, 0.2) is 0 Å². The number of esters is 1. The molecule has 1 rings (SSSR count). The van der Waals surface area contributed by atoms with E-state index < -0.39 is 11.6 Å². The number of hydrogen-bond acceptors (Lipinski definition) is 3. The molecule has 0 aromatic rings. The van der Waals surface area contributed by atoms with E-state index in [-0.39, 0.29) is 24.2 Å². The predicted octanol–water partition coefficient (Wildman–Crippen LogP) is 1.41. The molecular formula is C12H20N2O3. The SMILES string of the molecule is CCOC(=O)C(=[N+]=[N-])C1(O)C[C@H](C)C[C@H](C)C1. The van der Waals surface area contributed by atoms with E-state index in [1.54, 1.807) is 6.92 Å². The molecule has 96 valence electrons. The van der Waals surface area contributed by atoms with Crippen LogP contribution < -0.4 is 0 Å². The normalized spacial score (nSPS) is 32.7. The first kappa shape index (κ1) is 13.9. The van der Waals surface area contributed by atoms with E-state index in [2.05, 4.69) is 4.79 Å². The molecule has 0 aromatic heterocycles. The van der Waals surface area contributed by atoms with Gasteiger partial charge < -0.3 is 15.4 Å². The van der Waals surface area contributed by atoms with Crippen molar-refractivity contribution in [2.24, 2.45) is 11.8 Å². The largest absolute Gasteiger partial charge is 0.457 e. The summed E-state index contributed by atoms with van der Waals surface area (Å²) in [4.78, 5) is 14.6. The summed E-state index contributed by atoms with van der Waals surface area (Å²) in [5.74, 6) is -0.163. The first-order valence-electron chi connectivity index (χ1n) is 6.05. The Morgan fingerprint density at radius 3 is 2.41 bits per heavy atom. The maximum atomic E-state index is 11.6. The molecule has 1 aliphatic carbocycles. The number of carbonyl (C=O) groups is 1. The van der Waals surface area contributed by atoms with Crippen molar-refractivity contribution in [1.29, 1.82) is 0 Å². The van der Waals surface area contributed by atoms with E-state index in [1.807, 2.05) is 13.8 Å². The Morgan fingerprint density at radius 1 is 1.47 bits per heavy atom. The quantitative estimate of drug-likeness (QED) is 0.350. The first-order valence-corrected chi connectivity index (χ1v) is 6.05. The molecule has 0 spiro atoms. The topological polar surface area (TPSA) is 82.9 Å². The minimum absolute atomic E-state index is 0.193. The molecular weight excluding hydrogens is 220 g/mol. The van der Waals surface area contributed by atoms with Gasteiger partial charge in [-0.3, -0.25) is 0 Å². The van der Waals surface area contributed by atoms with Crippen LogP contribution in [-0.4, -0.2) is 33.8 Å². The monoisotopic (exact) mass is 240 g/mol. The second-order valence-electron chi connectivity index (χ2n) is 5.05. The molecule has 0 aliphatic heterocycles. The van der Waals surface area contributed by atoms with Gasteiger partial charge >= 0.3 is 11.7 Å². The second kappa shape index (κ2) is 5.43. The van der Waals surface area contributed by atoms with Crippen molar-refractivity contribution >= 4 is 11.7 Å². The minimum atomic E-state index is -1.36. The summed E-state index contributed by atoms with van der Waals surface area (Å²) in [5.41, 5.74) is 7.31. The Balaban J connectivity index is 2.94. The molecule has 1 fully saturated rings. The van der Waals surface area contributed by atoms with E-state index >= 15 is 0 Å². The standard InChI is InChI=1S/C12H20N2O3/c1-4-17-11(15)10(14-13)12(16)6-8(2)5-9(3)7-12/h8-9,16H,4-7H2,1-3H3/t8-,9+,12?. The average molecular weight is 240 g/mol. The Bertz CT molecular complexity index is 338. The first-order chi connectivity index (χ1) is 7.92. The summed E-state index contributed by atoms with van der Waals surface area (Å²) < 4.78 is 4.79. The molecule has 1 unspecified atom stereocenters. The van der Waals surface area contributed by atoms with E-state index in [9.17, 15) is 9.90 Å². The molecule has 1 aliphatic rings. The zero-order valence-electron chi connectivity index (χ0n) is 10.6. The lowest BCUT2D eigenvalue weighted by Gasteiger charge is -2.35. The summed E-state index contributed by atoms with van der Waals surface area (Å²) in [6, 6.07) is 0. The third kappa shape index (κ3) is 3.14. The summed E-state index contributed by atoms with van der Waals surface area (Å²) in [5, 5.41) is 10.5. The van der Waals surface area contributed by atoms with Crippen molar-refractivity contribution in [3.05, 3.63) is 5.53 Å². The van der Waals surface area contributed by atoms with Crippen molar-refractivity contribution < 1.29 is 19.4 Å². The van der Waals surface area contributed by atoms with Gasteiger partial charge in [0, 0.05) is 0 Å². The van der Waals surface area contributed by atoms with Crippen LogP contribution in [0.1, 0.15) is 40.0 Å². The van der Waals surface area contributed by atoms with Gasteiger partial charge in [-0.15, -0.1) is 0 Å². The maximum absolute atomic E-state index is 11.6. The maximum Gasteiger partial charge on any atom is 0.420 e. The lowest BCUT2D eigenvalue weighted by molar-refractivity contribution is -0.144. The van der Waals surface area contributed by atoms with Crippen LogP contribution in [0.4, 0.5) is 0 Å². The fourth-order valence-corrected chi connectivity index (χ4v) is 2.81. The van der Waals surface area contributed by atoms with E-state index in [0.29, 0.717) is 12.8 Å². The molecule has 5 heteroatoms. The molecule has 0 saturated heterocycles. The van der Waals surface area contributed by atoms with Crippen molar-refractivity contribution in [3.63, 3.8) is 0 Å². The Morgan fingerprint density at radius 2 is 2.00 bits per heavy atom. The summed E-state index contributed by atoms with van der Waals surface area (Å²) in [6.07, 6.45) is 1.86. The number of ether oxygens (including phenoxy) is 1. The molecule has 17 heavy (non-hydrogen) atoms. The zero-order chi connectivity index (χ0) is 13.1. The molecule has 0 aromatic carbocycles. The predicted molar refractivity (Wildman–Crippen MR) is 62.4 cm³/mol. The molecule has 1 N–H and O–H groups in total. The fourth-order valence-electron chi connectivity index (χ4n) is 2.81. The third-order valence-electron chi connectivity index (χ3n) is 3.19. The van der Waals surface area contributed by atoms with Gasteiger partial charge in [0.2, 0.25) is 0 Å². The van der Waals surface area contributed by atoms with Crippen LogP contribution in [0, 0.1) is 11.8 Å². The van der Waals surface area contributed by atoms with Crippen molar-refractivity contribution in [2.45, 2.75) is 45.6 Å². The minimum Gasteiger partial charge on any atom is -0.457 e.